The average molecular weight is 848 g/mol. The fourth-order valence-electron chi connectivity index (χ4n) is 7.73. The summed E-state index contributed by atoms with van der Waals surface area (Å²) in [6, 6.07) is 0. The Hall–Kier alpha value is -1.37. The summed E-state index contributed by atoms with van der Waals surface area (Å²) in [6.07, 6.45) is 30.2. The van der Waals surface area contributed by atoms with Gasteiger partial charge in [0.15, 0.2) is 6.10 Å². The van der Waals surface area contributed by atoms with Gasteiger partial charge in [-0.15, -0.1) is 0 Å². The number of aliphatic hydroxyl groups is 3. The molecule has 13 heteroatoms. The van der Waals surface area contributed by atoms with E-state index in [-0.39, 0.29) is 44.4 Å². The number of nitrogens with two attached hydrogens (primary N) is 1. The van der Waals surface area contributed by atoms with Gasteiger partial charge in [-0.3, -0.25) is 18.6 Å². The number of phosphoric ester groups is 1. The number of carbonyl (C=O) groups is 2. The molecule has 1 saturated carbocycles. The van der Waals surface area contributed by atoms with Crippen molar-refractivity contribution in [3.8, 4) is 0 Å². The first-order valence-corrected chi connectivity index (χ1v) is 24.9. The van der Waals surface area contributed by atoms with E-state index in [1.807, 2.05) is 6.08 Å². The second-order valence-electron chi connectivity index (χ2n) is 16.6. The lowest BCUT2D eigenvalue weighted by molar-refractivity contribution is -0.161. The summed E-state index contributed by atoms with van der Waals surface area (Å²) >= 11 is 0. The molecule has 1 unspecified atom stereocenters. The molecule has 0 aromatic heterocycles. The van der Waals surface area contributed by atoms with Crippen LogP contribution >= 0.6 is 7.82 Å². The number of rotatable bonds is 40. The van der Waals surface area contributed by atoms with Crippen molar-refractivity contribution in [1.82, 2.24) is 0 Å². The van der Waals surface area contributed by atoms with Gasteiger partial charge in [0.2, 0.25) is 0 Å². The number of ether oxygens (including phenoxy) is 2. The molecule has 0 spiro atoms. The predicted octanol–water partition coefficient (Wildman–Crippen LogP) is 9.77. The predicted molar refractivity (Wildman–Crippen MR) is 231 cm³/mol. The van der Waals surface area contributed by atoms with Gasteiger partial charge in [0.05, 0.1) is 31.5 Å². The van der Waals surface area contributed by atoms with Crippen LogP contribution in [0.2, 0.25) is 0 Å². The minimum Gasteiger partial charge on any atom is -0.462 e. The molecule has 7 atom stereocenters. The molecule has 12 nitrogen and oxygen atoms in total. The Labute approximate surface area is 352 Å². The van der Waals surface area contributed by atoms with Crippen molar-refractivity contribution in [3.05, 3.63) is 12.2 Å². The highest BCUT2D eigenvalue weighted by Crippen LogP contribution is 2.43. The van der Waals surface area contributed by atoms with Crippen molar-refractivity contribution in [1.29, 1.82) is 0 Å². The van der Waals surface area contributed by atoms with Crippen molar-refractivity contribution in [3.63, 3.8) is 0 Å². The molecule has 342 valence electrons. The molecule has 0 radical (unpaired) electrons. The number of unbranched alkanes of at least 4 members (excludes halogenated alkanes) is 21. The minimum absolute atomic E-state index is 0.0249. The van der Waals surface area contributed by atoms with Gasteiger partial charge in [0.1, 0.15) is 6.61 Å². The van der Waals surface area contributed by atoms with E-state index in [4.69, 9.17) is 24.3 Å². The van der Waals surface area contributed by atoms with Crippen LogP contribution in [0.25, 0.3) is 0 Å². The number of esters is 2. The van der Waals surface area contributed by atoms with Crippen LogP contribution in [-0.4, -0.2) is 82.9 Å². The van der Waals surface area contributed by atoms with E-state index in [0.29, 0.717) is 25.7 Å². The first kappa shape index (κ1) is 54.6. The topological polar surface area (TPSA) is 195 Å². The van der Waals surface area contributed by atoms with E-state index < -0.39 is 50.8 Å². The molecular formula is C45H86NO11P. The third-order valence-corrected chi connectivity index (χ3v) is 12.2. The van der Waals surface area contributed by atoms with Gasteiger partial charge in [-0.05, 0) is 31.6 Å². The summed E-state index contributed by atoms with van der Waals surface area (Å²) in [4.78, 5) is 35.1. The second-order valence-corrected chi connectivity index (χ2v) is 18.1. The maximum Gasteiger partial charge on any atom is 0.472 e. The molecule has 58 heavy (non-hydrogen) atoms. The van der Waals surface area contributed by atoms with Crippen molar-refractivity contribution in [2.45, 2.75) is 224 Å². The second kappa shape index (κ2) is 36.3. The Morgan fingerprint density at radius 2 is 1.19 bits per heavy atom. The molecule has 0 aromatic rings. The van der Waals surface area contributed by atoms with E-state index in [0.717, 1.165) is 64.2 Å². The SMILES string of the molecule is CCCCCCCCCCCCCCCCCCCC(=O)O[C@H](COC(=O)CCCCCC[C@@H]1[C@@H](/C=C/[C@@H](O)CCCCC)[C@H](O)C[C@@H]1O)COP(=O)(O)OCCN. The smallest absolute Gasteiger partial charge is 0.462 e. The standard InChI is InChI=1S/C45H86NO11P/c1-3-5-7-8-9-10-11-12-13-14-15-16-17-18-19-20-26-30-45(51)57-39(37-56-58(52,53)55-34-33-46)36-54-44(50)29-25-22-21-24-28-40-41(43(49)35-42(40)48)32-31-38(47)27-23-6-4-2/h31-32,38-43,47-49H,3-30,33-37,46H2,1-2H3,(H,52,53)/b32-31+/t38-,39+,40+,41+,42-,43+/m0/s1. The van der Waals surface area contributed by atoms with Crippen molar-refractivity contribution < 1.29 is 52.9 Å². The van der Waals surface area contributed by atoms with Crippen LogP contribution < -0.4 is 5.73 Å². The molecule has 0 amide bonds. The zero-order valence-electron chi connectivity index (χ0n) is 36.6. The molecule has 0 saturated heterocycles. The Morgan fingerprint density at radius 1 is 0.690 bits per heavy atom. The van der Waals surface area contributed by atoms with E-state index in [1.54, 1.807) is 6.08 Å². The Balaban J connectivity index is 2.32. The van der Waals surface area contributed by atoms with Crippen LogP contribution in [-0.2, 0) is 32.7 Å². The highest BCUT2D eigenvalue weighted by molar-refractivity contribution is 7.47. The summed E-state index contributed by atoms with van der Waals surface area (Å²) in [7, 11) is -4.43. The average Bonchev–Trinajstić information content (AvgIpc) is 3.47. The van der Waals surface area contributed by atoms with Crippen molar-refractivity contribution in [2.75, 3.05) is 26.4 Å². The largest absolute Gasteiger partial charge is 0.472 e. The van der Waals surface area contributed by atoms with Crippen LogP contribution in [0.4, 0.5) is 0 Å². The summed E-state index contributed by atoms with van der Waals surface area (Å²) in [5.41, 5.74) is 5.35. The minimum atomic E-state index is -4.43. The van der Waals surface area contributed by atoms with Gasteiger partial charge < -0.3 is 35.4 Å². The van der Waals surface area contributed by atoms with Gasteiger partial charge >= 0.3 is 19.8 Å². The fourth-order valence-corrected chi connectivity index (χ4v) is 8.50. The van der Waals surface area contributed by atoms with Gasteiger partial charge in [-0.2, -0.15) is 0 Å². The van der Waals surface area contributed by atoms with Crippen LogP contribution in [0.15, 0.2) is 12.2 Å². The summed E-state index contributed by atoms with van der Waals surface area (Å²) < 4.78 is 32.9. The highest BCUT2D eigenvalue weighted by Gasteiger charge is 2.39. The summed E-state index contributed by atoms with van der Waals surface area (Å²) in [5.74, 6) is -1.23. The molecule has 0 bridgehead atoms. The molecule has 1 aliphatic rings. The number of hydrogen-bond donors (Lipinski definition) is 5. The van der Waals surface area contributed by atoms with Crippen LogP contribution in [0.3, 0.4) is 0 Å². The zero-order valence-corrected chi connectivity index (χ0v) is 37.5. The van der Waals surface area contributed by atoms with E-state index >= 15 is 0 Å². The third-order valence-electron chi connectivity index (χ3n) is 11.3. The molecule has 0 aliphatic heterocycles. The number of aliphatic hydroxyl groups excluding tert-OH is 3. The first-order valence-electron chi connectivity index (χ1n) is 23.4. The lowest BCUT2D eigenvalue weighted by atomic mass is 9.88. The third kappa shape index (κ3) is 29.8. The lowest BCUT2D eigenvalue weighted by Gasteiger charge is -2.21. The van der Waals surface area contributed by atoms with Gasteiger partial charge in [0.25, 0.3) is 0 Å². The highest BCUT2D eigenvalue weighted by atomic mass is 31.2. The molecule has 1 fully saturated rings. The maximum atomic E-state index is 12.7. The van der Waals surface area contributed by atoms with E-state index in [9.17, 15) is 34.4 Å². The molecule has 6 N–H and O–H groups in total. The first-order chi connectivity index (χ1) is 28.0. The van der Waals surface area contributed by atoms with E-state index in [2.05, 4.69) is 13.8 Å². The van der Waals surface area contributed by atoms with E-state index in [1.165, 1.54) is 83.5 Å². The van der Waals surface area contributed by atoms with Gasteiger partial charge in [0, 0.05) is 31.7 Å². The summed E-state index contributed by atoms with van der Waals surface area (Å²) in [6.45, 7) is 3.42. The monoisotopic (exact) mass is 848 g/mol. The quantitative estimate of drug-likeness (QED) is 0.0170. The molecular weight excluding hydrogens is 761 g/mol. The maximum absolute atomic E-state index is 12.7. The Bertz CT molecular complexity index is 1080. The Morgan fingerprint density at radius 3 is 1.74 bits per heavy atom. The van der Waals surface area contributed by atoms with Crippen LogP contribution in [0, 0.1) is 11.8 Å². The summed E-state index contributed by atoms with van der Waals surface area (Å²) in [5, 5.41) is 31.4. The Kier molecular flexibility index (Phi) is 34.2. The number of phosphoric acid groups is 1. The van der Waals surface area contributed by atoms with Crippen molar-refractivity contribution in [2.24, 2.45) is 17.6 Å². The molecule has 1 rings (SSSR count). The molecule has 0 heterocycles. The van der Waals surface area contributed by atoms with Crippen LogP contribution in [0.5, 0.6) is 0 Å². The van der Waals surface area contributed by atoms with Gasteiger partial charge in [-0.1, -0.05) is 167 Å². The zero-order chi connectivity index (χ0) is 42.7. The fraction of sp³-hybridized carbons (Fsp3) is 0.911. The van der Waals surface area contributed by atoms with Gasteiger partial charge in [-0.25, -0.2) is 4.57 Å². The number of hydrogen-bond acceptors (Lipinski definition) is 11. The molecule has 0 aromatic carbocycles. The number of carbonyl (C=O) groups excluding carboxylic acids is 2. The van der Waals surface area contributed by atoms with Crippen molar-refractivity contribution >= 4 is 19.8 Å². The normalized spacial score (nSPS) is 20.3. The van der Waals surface area contributed by atoms with Crippen LogP contribution in [0.1, 0.15) is 200 Å². The lowest BCUT2D eigenvalue weighted by Crippen LogP contribution is -2.29. The molecule has 1 aliphatic carbocycles.